The lowest BCUT2D eigenvalue weighted by Crippen LogP contribution is -2.21. The molecule has 0 saturated carbocycles. The molecule has 0 saturated heterocycles. The molecule has 0 amide bonds. The molecule has 0 aliphatic carbocycles. The van der Waals surface area contributed by atoms with E-state index in [1.165, 1.54) is 18.4 Å². The van der Waals surface area contributed by atoms with Gasteiger partial charge in [-0.25, -0.2) is 4.79 Å². The number of rotatable bonds is 2. The van der Waals surface area contributed by atoms with E-state index in [0.29, 0.717) is 0 Å². The van der Waals surface area contributed by atoms with Gasteiger partial charge in [0, 0.05) is 9.58 Å². The van der Waals surface area contributed by atoms with Crippen LogP contribution in [0, 0.1) is 0 Å². The molecule has 84 valence electrons. The van der Waals surface area contributed by atoms with Gasteiger partial charge in [-0.05, 0) is 29.7 Å². The van der Waals surface area contributed by atoms with Crippen molar-refractivity contribution in [2.45, 2.75) is 6.04 Å². The largest absolute Gasteiger partial charge is 0.508 e. The number of thiophene rings is 1. The van der Waals surface area contributed by atoms with Gasteiger partial charge in [0.15, 0.2) is 0 Å². The van der Waals surface area contributed by atoms with Crippen LogP contribution in [0.3, 0.4) is 0 Å². The Balaban J connectivity index is 2.43. The molecule has 16 heavy (non-hydrogen) atoms. The van der Waals surface area contributed by atoms with Gasteiger partial charge in [0.2, 0.25) is 0 Å². The lowest BCUT2D eigenvalue weighted by molar-refractivity contribution is -0.142. The van der Waals surface area contributed by atoms with Gasteiger partial charge in [0.25, 0.3) is 0 Å². The maximum Gasteiger partial charge on any atom is 0.328 e. The van der Waals surface area contributed by atoms with Crippen LogP contribution in [0.4, 0.5) is 0 Å². The van der Waals surface area contributed by atoms with Crippen LogP contribution in [0.15, 0.2) is 24.3 Å². The lowest BCUT2D eigenvalue weighted by atomic mass is 10.2. The third kappa shape index (κ3) is 1.87. The topological polar surface area (TPSA) is 72.5 Å². The molecule has 1 heterocycles. The van der Waals surface area contributed by atoms with Crippen molar-refractivity contribution in [2.75, 3.05) is 7.11 Å². The van der Waals surface area contributed by atoms with E-state index in [2.05, 4.69) is 4.74 Å². The number of esters is 1. The average molecular weight is 237 g/mol. The minimum atomic E-state index is -0.760. The fraction of sp³-hybridized carbons (Fsp3) is 0.182. The number of hydrogen-bond donors (Lipinski definition) is 2. The number of benzene rings is 1. The number of aromatic hydroxyl groups is 1. The maximum absolute atomic E-state index is 11.3. The molecule has 1 aromatic heterocycles. The van der Waals surface area contributed by atoms with E-state index in [1.54, 1.807) is 24.3 Å². The zero-order valence-corrected chi connectivity index (χ0v) is 9.45. The second-order valence-corrected chi connectivity index (χ2v) is 4.49. The number of ether oxygens (including phenoxy) is 1. The predicted molar refractivity (Wildman–Crippen MR) is 62.4 cm³/mol. The van der Waals surface area contributed by atoms with Crippen molar-refractivity contribution < 1.29 is 14.6 Å². The van der Waals surface area contributed by atoms with Gasteiger partial charge < -0.3 is 15.6 Å². The molecule has 0 fully saturated rings. The van der Waals surface area contributed by atoms with E-state index in [4.69, 9.17) is 5.73 Å². The lowest BCUT2D eigenvalue weighted by Gasteiger charge is -2.05. The SMILES string of the molecule is COC(=O)C(N)c1cc2cc(O)ccc2s1. The molecule has 1 aromatic carbocycles. The van der Waals surface area contributed by atoms with Crippen LogP contribution in [-0.4, -0.2) is 18.2 Å². The molecular formula is C11H11NO3S. The quantitative estimate of drug-likeness (QED) is 0.781. The van der Waals surface area contributed by atoms with Crippen LogP contribution in [0.2, 0.25) is 0 Å². The zero-order chi connectivity index (χ0) is 11.7. The smallest absolute Gasteiger partial charge is 0.328 e. The van der Waals surface area contributed by atoms with Crippen molar-refractivity contribution in [3.8, 4) is 5.75 Å². The van der Waals surface area contributed by atoms with E-state index < -0.39 is 12.0 Å². The molecule has 0 aliphatic heterocycles. The number of fused-ring (bicyclic) bond motifs is 1. The Bertz CT molecular complexity index is 535. The highest BCUT2D eigenvalue weighted by molar-refractivity contribution is 7.19. The first-order valence-corrected chi connectivity index (χ1v) is 5.49. The monoisotopic (exact) mass is 237 g/mol. The van der Waals surface area contributed by atoms with E-state index >= 15 is 0 Å². The Morgan fingerprint density at radius 3 is 2.94 bits per heavy atom. The average Bonchev–Trinajstić information content (AvgIpc) is 2.69. The number of methoxy groups -OCH3 is 1. The number of phenolic OH excluding ortho intramolecular Hbond substituents is 1. The summed E-state index contributed by atoms with van der Waals surface area (Å²) in [5, 5.41) is 10.2. The Kier molecular flexibility index (Phi) is 2.80. The van der Waals surface area contributed by atoms with Crippen molar-refractivity contribution in [1.82, 2.24) is 0 Å². The number of hydrogen-bond acceptors (Lipinski definition) is 5. The van der Waals surface area contributed by atoms with Crippen LogP contribution in [0.25, 0.3) is 10.1 Å². The molecule has 1 atom stereocenters. The van der Waals surface area contributed by atoms with Crippen LogP contribution in [0.5, 0.6) is 5.75 Å². The molecule has 1 unspecified atom stereocenters. The van der Waals surface area contributed by atoms with Gasteiger partial charge in [-0.1, -0.05) is 0 Å². The Labute approximate surface area is 96.3 Å². The highest BCUT2D eigenvalue weighted by Gasteiger charge is 2.18. The molecule has 2 rings (SSSR count). The fourth-order valence-corrected chi connectivity index (χ4v) is 2.48. The van der Waals surface area contributed by atoms with Gasteiger partial charge in [0.05, 0.1) is 7.11 Å². The van der Waals surface area contributed by atoms with Gasteiger partial charge in [-0.15, -0.1) is 11.3 Å². The summed E-state index contributed by atoms with van der Waals surface area (Å²) in [5.41, 5.74) is 5.72. The summed E-state index contributed by atoms with van der Waals surface area (Å²) in [7, 11) is 1.31. The molecule has 2 aromatic rings. The molecular weight excluding hydrogens is 226 g/mol. The molecule has 3 N–H and O–H groups in total. The van der Waals surface area contributed by atoms with Crippen molar-refractivity contribution in [1.29, 1.82) is 0 Å². The number of phenols is 1. The standard InChI is InChI=1S/C11H11NO3S/c1-15-11(14)10(12)9-5-6-4-7(13)2-3-8(6)16-9/h2-5,10,13H,12H2,1H3. The fourth-order valence-electron chi connectivity index (χ4n) is 1.45. The summed E-state index contributed by atoms with van der Waals surface area (Å²) in [6, 6.07) is 6.07. The molecule has 4 nitrogen and oxygen atoms in total. The van der Waals surface area contributed by atoms with Crippen LogP contribution >= 0.6 is 11.3 Å². The van der Waals surface area contributed by atoms with Crippen molar-refractivity contribution >= 4 is 27.4 Å². The normalized spacial score (nSPS) is 12.6. The van der Waals surface area contributed by atoms with Crippen molar-refractivity contribution in [3.05, 3.63) is 29.1 Å². The van der Waals surface area contributed by atoms with E-state index in [-0.39, 0.29) is 5.75 Å². The molecule has 0 spiro atoms. The Morgan fingerprint density at radius 2 is 2.25 bits per heavy atom. The highest BCUT2D eigenvalue weighted by atomic mass is 32.1. The van der Waals surface area contributed by atoms with Crippen LogP contribution < -0.4 is 5.73 Å². The molecule has 0 bridgehead atoms. The minimum Gasteiger partial charge on any atom is -0.508 e. The molecule has 0 aliphatic rings. The Hall–Kier alpha value is -1.59. The first kappa shape index (κ1) is 10.9. The number of carbonyl (C=O) groups excluding carboxylic acids is 1. The van der Waals surface area contributed by atoms with Crippen molar-refractivity contribution in [2.24, 2.45) is 5.73 Å². The molecule has 0 radical (unpaired) electrons. The summed E-state index contributed by atoms with van der Waals surface area (Å²) >= 11 is 1.42. The van der Waals surface area contributed by atoms with Gasteiger partial charge >= 0.3 is 5.97 Å². The first-order chi connectivity index (χ1) is 7.61. The van der Waals surface area contributed by atoms with E-state index in [9.17, 15) is 9.90 Å². The summed E-state index contributed by atoms with van der Waals surface area (Å²) in [6.07, 6.45) is 0. The number of nitrogens with two attached hydrogens (primary N) is 1. The van der Waals surface area contributed by atoms with E-state index in [1.807, 2.05) is 0 Å². The van der Waals surface area contributed by atoms with Gasteiger partial charge in [0.1, 0.15) is 11.8 Å². The first-order valence-electron chi connectivity index (χ1n) is 4.67. The predicted octanol–water partition coefficient (Wildman–Crippen LogP) is 1.78. The van der Waals surface area contributed by atoms with E-state index in [0.717, 1.165) is 15.0 Å². The minimum absolute atomic E-state index is 0.198. The second-order valence-electron chi connectivity index (χ2n) is 3.37. The Morgan fingerprint density at radius 1 is 1.50 bits per heavy atom. The number of carbonyl (C=O) groups is 1. The van der Waals surface area contributed by atoms with Gasteiger partial charge in [-0.2, -0.15) is 0 Å². The maximum atomic E-state index is 11.3. The third-order valence-electron chi connectivity index (χ3n) is 2.28. The summed E-state index contributed by atoms with van der Waals surface area (Å²) < 4.78 is 5.56. The second kappa shape index (κ2) is 4.11. The zero-order valence-electron chi connectivity index (χ0n) is 8.64. The van der Waals surface area contributed by atoms with Crippen LogP contribution in [-0.2, 0) is 9.53 Å². The van der Waals surface area contributed by atoms with Crippen molar-refractivity contribution in [3.63, 3.8) is 0 Å². The summed E-state index contributed by atoms with van der Waals surface area (Å²) in [5.74, 6) is -0.265. The summed E-state index contributed by atoms with van der Waals surface area (Å²) in [6.45, 7) is 0. The van der Waals surface area contributed by atoms with Crippen LogP contribution in [0.1, 0.15) is 10.9 Å². The highest BCUT2D eigenvalue weighted by Crippen LogP contribution is 2.31. The molecule has 5 heteroatoms. The third-order valence-corrected chi connectivity index (χ3v) is 3.48. The summed E-state index contributed by atoms with van der Waals surface area (Å²) in [4.78, 5) is 12.0. The van der Waals surface area contributed by atoms with Gasteiger partial charge in [-0.3, -0.25) is 0 Å².